The van der Waals surface area contributed by atoms with Crippen LogP contribution in [-0.4, -0.2) is 54.0 Å². The van der Waals surface area contributed by atoms with Crippen LogP contribution in [0.15, 0.2) is 48.5 Å². The van der Waals surface area contributed by atoms with Gasteiger partial charge in [0, 0.05) is 6.42 Å². The Labute approximate surface area is 197 Å². The first-order valence-corrected chi connectivity index (χ1v) is 11.3. The summed E-state index contributed by atoms with van der Waals surface area (Å²) in [6.45, 7) is 1.70. The Kier molecular flexibility index (Phi) is 6.65. The minimum Gasteiger partial charge on any atom is -0.479 e. The number of amides is 3. The highest BCUT2D eigenvalue weighted by molar-refractivity contribution is 6.08. The molecule has 9 nitrogen and oxygen atoms in total. The molecule has 2 aliphatic rings. The van der Waals surface area contributed by atoms with Gasteiger partial charge in [0.1, 0.15) is 12.1 Å². The maximum Gasteiger partial charge on any atom is 0.330 e. The Morgan fingerprint density at radius 3 is 2.44 bits per heavy atom. The maximum atomic E-state index is 13.6. The zero-order valence-electron chi connectivity index (χ0n) is 19.1. The van der Waals surface area contributed by atoms with E-state index in [9.17, 15) is 24.3 Å². The van der Waals surface area contributed by atoms with Gasteiger partial charge < -0.3 is 21.1 Å². The second kappa shape index (κ2) is 9.64. The van der Waals surface area contributed by atoms with Crippen molar-refractivity contribution in [2.75, 3.05) is 11.9 Å². The molecule has 0 fully saturated rings. The largest absolute Gasteiger partial charge is 0.479 e. The van der Waals surface area contributed by atoms with Crippen LogP contribution in [0.3, 0.4) is 0 Å². The summed E-state index contributed by atoms with van der Waals surface area (Å²) in [7, 11) is 1.66. The molecule has 0 aromatic heterocycles. The average Bonchev–Trinajstić information content (AvgIpc) is 3.18. The van der Waals surface area contributed by atoms with Crippen molar-refractivity contribution < 1.29 is 24.3 Å². The normalized spacial score (nSPS) is 20.6. The van der Waals surface area contributed by atoms with Crippen LogP contribution < -0.4 is 20.9 Å². The summed E-state index contributed by atoms with van der Waals surface area (Å²) in [4.78, 5) is 52.9. The lowest BCUT2D eigenvalue weighted by molar-refractivity contribution is -0.142. The van der Waals surface area contributed by atoms with Crippen molar-refractivity contribution in [3.8, 4) is 0 Å². The minimum absolute atomic E-state index is 0.273. The molecule has 0 spiro atoms. The highest BCUT2D eigenvalue weighted by Crippen LogP contribution is 2.39. The number of rotatable bonds is 7. The summed E-state index contributed by atoms with van der Waals surface area (Å²) in [6, 6.07) is 10.7. The molecule has 2 aromatic rings. The molecule has 2 aliphatic heterocycles. The van der Waals surface area contributed by atoms with Crippen LogP contribution in [0, 0.1) is 0 Å². The number of aryl methyl sites for hydroxylation is 1. The summed E-state index contributed by atoms with van der Waals surface area (Å²) in [5.41, 5.74) is 2.91. The van der Waals surface area contributed by atoms with E-state index in [1.165, 1.54) is 4.90 Å². The summed E-state index contributed by atoms with van der Waals surface area (Å²) >= 11 is 0. The monoisotopic (exact) mass is 464 g/mol. The number of carbonyl (C=O) groups excluding carboxylic acids is 3. The van der Waals surface area contributed by atoms with Crippen molar-refractivity contribution in [3.05, 3.63) is 65.2 Å². The highest BCUT2D eigenvalue weighted by Gasteiger charge is 2.44. The van der Waals surface area contributed by atoms with Gasteiger partial charge >= 0.3 is 5.97 Å². The number of benzene rings is 2. The molecule has 0 saturated heterocycles. The van der Waals surface area contributed by atoms with Crippen molar-refractivity contribution in [3.63, 3.8) is 0 Å². The second-order valence-electron chi connectivity index (χ2n) is 8.65. The van der Waals surface area contributed by atoms with E-state index in [1.54, 1.807) is 44.3 Å². The van der Waals surface area contributed by atoms with Gasteiger partial charge in [-0.3, -0.25) is 19.3 Å². The number of carboxylic acids is 1. The smallest absolute Gasteiger partial charge is 0.330 e. The lowest BCUT2D eigenvalue weighted by Gasteiger charge is -2.29. The van der Waals surface area contributed by atoms with Crippen LogP contribution in [0.1, 0.15) is 36.1 Å². The number of nitrogens with one attached hydrogen (secondary N) is 3. The van der Waals surface area contributed by atoms with E-state index in [0.717, 1.165) is 11.1 Å². The Bertz CT molecular complexity index is 1120. The van der Waals surface area contributed by atoms with Gasteiger partial charge in [-0.2, -0.15) is 0 Å². The third-order valence-corrected chi connectivity index (χ3v) is 6.52. The van der Waals surface area contributed by atoms with E-state index in [4.69, 9.17) is 0 Å². The molecule has 9 heteroatoms. The lowest BCUT2D eigenvalue weighted by atomic mass is 10.0. The molecule has 4 atom stereocenters. The molecule has 0 radical (unpaired) electrons. The molecular weight excluding hydrogens is 436 g/mol. The standard InChI is InChI=1S/C25H28N4O5/c1-14(26-2)22(30)27-18-12-11-16-9-6-10-17-13-19(29(21(16)17)24(18)32)23(31)28-20(25(33)34)15-7-4-3-5-8-15/h3-10,14,18-20,26H,11-13H2,1-2H3,(H,27,30)(H,28,31)(H,33,34)/t14-,18-,19-,20-/m0/s1. The van der Waals surface area contributed by atoms with E-state index in [1.807, 2.05) is 18.2 Å². The van der Waals surface area contributed by atoms with E-state index in [0.29, 0.717) is 24.1 Å². The molecule has 34 heavy (non-hydrogen) atoms. The number of aliphatic carboxylic acids is 1. The molecular formula is C25H28N4O5. The number of hydrogen-bond acceptors (Lipinski definition) is 5. The summed E-state index contributed by atoms with van der Waals surface area (Å²) in [6.07, 6.45) is 1.25. The quantitative estimate of drug-likeness (QED) is 0.483. The second-order valence-corrected chi connectivity index (χ2v) is 8.65. The molecule has 4 rings (SSSR count). The van der Waals surface area contributed by atoms with Crippen molar-refractivity contribution in [2.45, 2.75) is 50.4 Å². The van der Waals surface area contributed by atoms with Gasteiger partial charge in [0.25, 0.3) is 0 Å². The Morgan fingerprint density at radius 1 is 1.06 bits per heavy atom. The molecule has 0 bridgehead atoms. The first kappa shape index (κ1) is 23.4. The Hall–Kier alpha value is -3.72. The number of carboxylic acid groups (broad SMARTS) is 1. The topological polar surface area (TPSA) is 128 Å². The van der Waals surface area contributed by atoms with Crippen LogP contribution >= 0.6 is 0 Å². The molecule has 4 N–H and O–H groups in total. The van der Waals surface area contributed by atoms with Crippen molar-refractivity contribution in [1.29, 1.82) is 0 Å². The van der Waals surface area contributed by atoms with Gasteiger partial charge in [0.05, 0.1) is 11.7 Å². The first-order valence-electron chi connectivity index (χ1n) is 11.3. The molecule has 0 aliphatic carbocycles. The fourth-order valence-corrected chi connectivity index (χ4v) is 4.57. The predicted octanol–water partition coefficient (Wildman–Crippen LogP) is 0.925. The lowest BCUT2D eigenvalue weighted by Crippen LogP contribution is -2.56. The van der Waals surface area contributed by atoms with Crippen LogP contribution in [0.25, 0.3) is 0 Å². The number of hydrogen-bond donors (Lipinski definition) is 4. The van der Waals surface area contributed by atoms with Crippen molar-refractivity contribution >= 4 is 29.4 Å². The number of nitrogens with zero attached hydrogens (tertiary/aromatic N) is 1. The van der Waals surface area contributed by atoms with Crippen LogP contribution in [0.5, 0.6) is 0 Å². The predicted molar refractivity (Wildman–Crippen MR) is 125 cm³/mol. The van der Waals surface area contributed by atoms with E-state index < -0.39 is 36.0 Å². The first-order chi connectivity index (χ1) is 16.3. The third kappa shape index (κ3) is 4.38. The van der Waals surface area contributed by atoms with Crippen LogP contribution in [-0.2, 0) is 32.0 Å². The number of carbonyl (C=O) groups is 4. The van der Waals surface area contributed by atoms with Crippen LogP contribution in [0.4, 0.5) is 5.69 Å². The molecule has 2 aromatic carbocycles. The molecule has 2 heterocycles. The molecule has 178 valence electrons. The molecule has 3 amide bonds. The Morgan fingerprint density at radius 2 is 1.76 bits per heavy atom. The van der Waals surface area contributed by atoms with E-state index >= 15 is 0 Å². The van der Waals surface area contributed by atoms with E-state index in [2.05, 4.69) is 16.0 Å². The molecule has 0 saturated carbocycles. The van der Waals surface area contributed by atoms with Crippen molar-refractivity contribution in [1.82, 2.24) is 16.0 Å². The fourth-order valence-electron chi connectivity index (χ4n) is 4.57. The van der Waals surface area contributed by atoms with Gasteiger partial charge in [-0.1, -0.05) is 48.5 Å². The SMILES string of the molecule is CN[C@@H](C)C(=O)N[C@H]1CCc2cccc3c2N(C1=O)[C@H](C(=O)N[C@H](C(=O)O)c1ccccc1)C3. The number of likely N-dealkylation sites (N-methyl/N-ethyl adjacent to an activating group) is 1. The number of anilines is 1. The minimum atomic E-state index is -1.24. The van der Waals surface area contributed by atoms with Gasteiger partial charge in [-0.25, -0.2) is 4.79 Å². The summed E-state index contributed by atoms with van der Waals surface area (Å²) in [5, 5.41) is 18.0. The zero-order valence-corrected chi connectivity index (χ0v) is 19.1. The van der Waals surface area contributed by atoms with Gasteiger partial charge in [-0.15, -0.1) is 0 Å². The Balaban J connectivity index is 1.63. The zero-order chi connectivity index (χ0) is 24.4. The number of para-hydroxylation sites is 1. The summed E-state index contributed by atoms with van der Waals surface area (Å²) in [5.74, 6) is -2.42. The summed E-state index contributed by atoms with van der Waals surface area (Å²) < 4.78 is 0. The third-order valence-electron chi connectivity index (χ3n) is 6.52. The van der Waals surface area contributed by atoms with Crippen molar-refractivity contribution in [2.24, 2.45) is 0 Å². The fraction of sp³-hybridized carbons (Fsp3) is 0.360. The van der Waals surface area contributed by atoms with Crippen LogP contribution in [0.2, 0.25) is 0 Å². The van der Waals surface area contributed by atoms with E-state index in [-0.39, 0.29) is 18.2 Å². The van der Waals surface area contributed by atoms with Gasteiger partial charge in [0.15, 0.2) is 6.04 Å². The highest BCUT2D eigenvalue weighted by atomic mass is 16.4. The molecule has 0 unspecified atom stereocenters. The van der Waals surface area contributed by atoms with Gasteiger partial charge in [-0.05, 0) is 43.5 Å². The maximum absolute atomic E-state index is 13.6. The van der Waals surface area contributed by atoms with Gasteiger partial charge in [0.2, 0.25) is 17.7 Å². The average molecular weight is 465 g/mol.